The standard InChI is InChI=1S/C22H19N3O4S/c1-13-4-6-14(7-5-13)10-17-20(26)23-22-25(24-17)21(27)19(30-22)11-15-8-9-16(28-2)12-18(15)29-3/h4-9,11-12H,10H2,1-3H3. The summed E-state index contributed by atoms with van der Waals surface area (Å²) in [6, 6.07) is 13.1. The molecule has 2 aromatic heterocycles. The fourth-order valence-corrected chi connectivity index (χ4v) is 3.93. The number of hydrogen-bond acceptors (Lipinski definition) is 7. The third-order valence-corrected chi connectivity index (χ3v) is 5.63. The average molecular weight is 421 g/mol. The molecule has 0 saturated heterocycles. The predicted molar refractivity (Wildman–Crippen MR) is 116 cm³/mol. The molecular formula is C22H19N3O4S. The monoisotopic (exact) mass is 421 g/mol. The van der Waals surface area contributed by atoms with E-state index in [9.17, 15) is 9.59 Å². The molecule has 0 amide bonds. The Morgan fingerprint density at radius 2 is 1.83 bits per heavy atom. The molecule has 0 aliphatic rings. The van der Waals surface area contributed by atoms with Crippen molar-refractivity contribution in [3.8, 4) is 11.5 Å². The molecule has 0 radical (unpaired) electrons. The van der Waals surface area contributed by atoms with E-state index in [4.69, 9.17) is 9.47 Å². The van der Waals surface area contributed by atoms with Crippen LogP contribution in [0.4, 0.5) is 0 Å². The van der Waals surface area contributed by atoms with Gasteiger partial charge in [0.2, 0.25) is 4.96 Å². The third-order valence-electron chi connectivity index (χ3n) is 4.67. The second kappa shape index (κ2) is 8.08. The van der Waals surface area contributed by atoms with Crippen LogP contribution in [0.25, 0.3) is 11.0 Å². The van der Waals surface area contributed by atoms with Gasteiger partial charge in [0.15, 0.2) is 0 Å². The van der Waals surface area contributed by atoms with E-state index in [2.05, 4.69) is 10.1 Å². The molecule has 2 heterocycles. The van der Waals surface area contributed by atoms with Crippen molar-refractivity contribution in [2.45, 2.75) is 13.3 Å². The maximum absolute atomic E-state index is 12.9. The van der Waals surface area contributed by atoms with Crippen LogP contribution in [0.1, 0.15) is 22.4 Å². The maximum atomic E-state index is 12.9. The lowest BCUT2D eigenvalue weighted by atomic mass is 10.1. The topological polar surface area (TPSA) is 82.8 Å². The number of thiazole rings is 1. The van der Waals surface area contributed by atoms with Gasteiger partial charge in [-0.05, 0) is 30.7 Å². The number of fused-ring (bicyclic) bond motifs is 1. The minimum atomic E-state index is -0.426. The first-order valence-corrected chi connectivity index (χ1v) is 10.0. The van der Waals surface area contributed by atoms with Crippen molar-refractivity contribution in [2.24, 2.45) is 0 Å². The summed E-state index contributed by atoms with van der Waals surface area (Å²) in [7, 11) is 3.12. The molecule has 30 heavy (non-hydrogen) atoms. The van der Waals surface area contributed by atoms with Gasteiger partial charge < -0.3 is 9.47 Å². The van der Waals surface area contributed by atoms with Crippen molar-refractivity contribution in [3.63, 3.8) is 0 Å². The van der Waals surface area contributed by atoms with E-state index in [0.717, 1.165) is 22.5 Å². The minimum absolute atomic E-state index is 0.236. The van der Waals surface area contributed by atoms with Crippen molar-refractivity contribution in [1.82, 2.24) is 14.6 Å². The molecule has 4 rings (SSSR count). The summed E-state index contributed by atoms with van der Waals surface area (Å²) in [5.74, 6) is 1.22. The Kier molecular flexibility index (Phi) is 5.33. The summed E-state index contributed by atoms with van der Waals surface area (Å²) >= 11 is 1.11. The molecule has 8 heteroatoms. The van der Waals surface area contributed by atoms with Crippen molar-refractivity contribution in [1.29, 1.82) is 0 Å². The van der Waals surface area contributed by atoms with E-state index < -0.39 is 5.56 Å². The zero-order chi connectivity index (χ0) is 21.3. The molecule has 0 N–H and O–H groups in total. The van der Waals surface area contributed by atoms with Gasteiger partial charge in [0, 0.05) is 18.1 Å². The molecular weight excluding hydrogens is 402 g/mol. The second-order valence-corrected chi connectivity index (χ2v) is 7.75. The largest absolute Gasteiger partial charge is 0.497 e. The molecule has 0 bridgehead atoms. The van der Waals surface area contributed by atoms with Gasteiger partial charge in [0.05, 0.1) is 18.8 Å². The molecule has 4 aromatic rings. The SMILES string of the molecule is COc1ccc(C=c2sc3nc(=O)c(Cc4ccc(C)cc4)nn3c2=O)c(OC)c1. The van der Waals surface area contributed by atoms with E-state index in [1.807, 2.05) is 31.2 Å². The molecule has 0 unspecified atom stereocenters. The molecule has 0 aliphatic carbocycles. The van der Waals surface area contributed by atoms with Gasteiger partial charge in [0.25, 0.3) is 11.1 Å². The number of hydrogen-bond donors (Lipinski definition) is 0. The highest BCUT2D eigenvalue weighted by Crippen LogP contribution is 2.25. The van der Waals surface area contributed by atoms with E-state index in [0.29, 0.717) is 28.0 Å². The van der Waals surface area contributed by atoms with Crippen LogP contribution in [0.5, 0.6) is 11.5 Å². The Hall–Kier alpha value is -3.52. The smallest absolute Gasteiger partial charge is 0.296 e. The number of rotatable bonds is 5. The lowest BCUT2D eigenvalue weighted by molar-refractivity contribution is 0.393. The van der Waals surface area contributed by atoms with Gasteiger partial charge in [0.1, 0.15) is 17.2 Å². The number of ether oxygens (including phenoxy) is 2. The number of methoxy groups -OCH3 is 2. The number of nitrogens with zero attached hydrogens (tertiary/aromatic N) is 3. The third kappa shape index (κ3) is 3.81. The second-order valence-electron chi connectivity index (χ2n) is 6.74. The summed E-state index contributed by atoms with van der Waals surface area (Å²) in [5, 5.41) is 4.29. The zero-order valence-electron chi connectivity index (χ0n) is 16.7. The van der Waals surface area contributed by atoms with Crippen LogP contribution < -0.4 is 25.1 Å². The van der Waals surface area contributed by atoms with Crippen LogP contribution in [0.2, 0.25) is 0 Å². The van der Waals surface area contributed by atoms with Gasteiger partial charge in [-0.3, -0.25) is 9.59 Å². The number of aryl methyl sites for hydroxylation is 1. The van der Waals surface area contributed by atoms with Crippen LogP contribution in [-0.4, -0.2) is 28.8 Å². The van der Waals surface area contributed by atoms with Gasteiger partial charge in [-0.25, -0.2) is 0 Å². The maximum Gasteiger partial charge on any atom is 0.296 e. The first-order valence-electron chi connectivity index (χ1n) is 9.20. The fraction of sp³-hybridized carbons (Fsp3) is 0.182. The molecule has 0 spiro atoms. The van der Waals surface area contributed by atoms with Crippen molar-refractivity contribution in [2.75, 3.05) is 14.2 Å². The highest BCUT2D eigenvalue weighted by molar-refractivity contribution is 7.15. The predicted octanol–water partition coefficient (Wildman–Crippen LogP) is 1.98. The quantitative estimate of drug-likeness (QED) is 0.490. The molecule has 2 aromatic carbocycles. The summed E-state index contributed by atoms with van der Waals surface area (Å²) < 4.78 is 12.2. The Bertz CT molecular complexity index is 1390. The normalized spacial score (nSPS) is 11.8. The molecule has 0 saturated carbocycles. The summed E-state index contributed by atoms with van der Waals surface area (Å²) in [5.41, 5.74) is 2.26. The first kappa shape index (κ1) is 19.8. The number of aromatic nitrogens is 3. The van der Waals surface area contributed by atoms with E-state index in [1.165, 1.54) is 4.52 Å². The molecule has 0 aliphatic heterocycles. The molecule has 152 valence electrons. The molecule has 0 atom stereocenters. The van der Waals surface area contributed by atoms with Gasteiger partial charge >= 0.3 is 0 Å². The van der Waals surface area contributed by atoms with Crippen molar-refractivity contribution < 1.29 is 9.47 Å². The Labute approximate surface area is 175 Å². The molecule has 0 fully saturated rings. The van der Waals surface area contributed by atoms with Crippen LogP contribution >= 0.6 is 11.3 Å². The summed E-state index contributed by atoms with van der Waals surface area (Å²) in [4.78, 5) is 29.7. The van der Waals surface area contributed by atoms with E-state index >= 15 is 0 Å². The van der Waals surface area contributed by atoms with Crippen LogP contribution in [0, 0.1) is 6.92 Å². The van der Waals surface area contributed by atoms with Crippen LogP contribution in [0.3, 0.4) is 0 Å². The minimum Gasteiger partial charge on any atom is -0.497 e. The van der Waals surface area contributed by atoms with Gasteiger partial charge in [-0.2, -0.15) is 14.6 Å². The van der Waals surface area contributed by atoms with Crippen molar-refractivity contribution in [3.05, 3.63) is 90.1 Å². The van der Waals surface area contributed by atoms with Crippen LogP contribution in [-0.2, 0) is 6.42 Å². The van der Waals surface area contributed by atoms with Crippen LogP contribution in [0.15, 0.2) is 52.1 Å². The zero-order valence-corrected chi connectivity index (χ0v) is 17.5. The molecule has 7 nitrogen and oxygen atoms in total. The Morgan fingerprint density at radius 1 is 1.07 bits per heavy atom. The van der Waals surface area contributed by atoms with Gasteiger partial charge in [-0.1, -0.05) is 41.2 Å². The fourth-order valence-electron chi connectivity index (χ4n) is 3.03. The Balaban J connectivity index is 1.79. The van der Waals surface area contributed by atoms with Crippen molar-refractivity contribution >= 4 is 22.4 Å². The Morgan fingerprint density at radius 3 is 2.53 bits per heavy atom. The highest BCUT2D eigenvalue weighted by Gasteiger charge is 2.12. The van der Waals surface area contributed by atoms with Gasteiger partial charge in [-0.15, -0.1) is 0 Å². The lowest BCUT2D eigenvalue weighted by Gasteiger charge is -2.06. The summed E-state index contributed by atoms with van der Waals surface area (Å²) in [6.45, 7) is 2.00. The van der Waals surface area contributed by atoms with E-state index in [-0.39, 0.29) is 16.2 Å². The summed E-state index contributed by atoms with van der Waals surface area (Å²) in [6.07, 6.45) is 2.02. The van der Waals surface area contributed by atoms with E-state index in [1.54, 1.807) is 38.5 Å². The highest BCUT2D eigenvalue weighted by atomic mass is 32.1. The number of benzene rings is 2. The first-order chi connectivity index (χ1) is 14.5. The lowest BCUT2D eigenvalue weighted by Crippen LogP contribution is -2.28. The average Bonchev–Trinajstić information content (AvgIpc) is 3.04.